The van der Waals surface area contributed by atoms with Crippen LogP contribution in [-0.4, -0.2) is 32.1 Å². The zero-order valence-electron chi connectivity index (χ0n) is 13.0. The molecule has 0 aliphatic heterocycles. The summed E-state index contributed by atoms with van der Waals surface area (Å²) < 4.78 is 5.43. The predicted octanol–water partition coefficient (Wildman–Crippen LogP) is 3.75. The number of methoxy groups -OCH3 is 1. The fraction of sp³-hybridized carbons (Fsp3) is 0.625. The van der Waals surface area contributed by atoms with Crippen molar-refractivity contribution in [2.24, 2.45) is 0 Å². The van der Waals surface area contributed by atoms with Crippen molar-refractivity contribution in [3.8, 4) is 5.75 Å². The summed E-state index contributed by atoms with van der Waals surface area (Å²) in [6, 6.07) is 6.85. The van der Waals surface area contributed by atoms with Gasteiger partial charge in [0.15, 0.2) is 0 Å². The Labute approximate surface area is 118 Å². The zero-order chi connectivity index (χ0) is 14.3. The van der Waals surface area contributed by atoms with E-state index in [2.05, 4.69) is 50.3 Å². The SMILES string of the molecule is CCCCC(C)Nc1cc(CN(C)C)ccc1OC. The minimum Gasteiger partial charge on any atom is -0.495 e. The third kappa shape index (κ3) is 5.52. The molecule has 19 heavy (non-hydrogen) atoms. The van der Waals surface area contributed by atoms with Crippen LogP contribution in [-0.2, 0) is 6.54 Å². The van der Waals surface area contributed by atoms with Gasteiger partial charge in [0.25, 0.3) is 0 Å². The summed E-state index contributed by atoms with van der Waals surface area (Å²) in [5.74, 6) is 0.922. The van der Waals surface area contributed by atoms with Crippen LogP contribution < -0.4 is 10.1 Å². The first-order valence-corrected chi connectivity index (χ1v) is 7.15. The fourth-order valence-electron chi connectivity index (χ4n) is 2.18. The van der Waals surface area contributed by atoms with Crippen LogP contribution in [0.25, 0.3) is 0 Å². The summed E-state index contributed by atoms with van der Waals surface area (Å²) >= 11 is 0. The second-order valence-electron chi connectivity index (χ2n) is 5.46. The summed E-state index contributed by atoms with van der Waals surface area (Å²) in [5.41, 5.74) is 2.40. The Morgan fingerprint density at radius 1 is 1.32 bits per heavy atom. The molecular formula is C16H28N2O. The number of unbranched alkanes of at least 4 members (excludes halogenated alkanes) is 1. The van der Waals surface area contributed by atoms with Gasteiger partial charge in [-0.3, -0.25) is 0 Å². The van der Waals surface area contributed by atoms with Crippen LogP contribution in [0.1, 0.15) is 38.7 Å². The Kier molecular flexibility index (Phi) is 6.71. The number of benzene rings is 1. The molecule has 0 radical (unpaired) electrons. The van der Waals surface area contributed by atoms with Gasteiger partial charge in [0, 0.05) is 12.6 Å². The molecule has 1 rings (SSSR count). The molecule has 1 aromatic rings. The number of ether oxygens (including phenoxy) is 1. The van der Waals surface area contributed by atoms with Gasteiger partial charge in [-0.1, -0.05) is 25.8 Å². The monoisotopic (exact) mass is 264 g/mol. The maximum atomic E-state index is 5.43. The van der Waals surface area contributed by atoms with Crippen LogP contribution in [0.4, 0.5) is 5.69 Å². The van der Waals surface area contributed by atoms with E-state index < -0.39 is 0 Å². The van der Waals surface area contributed by atoms with Gasteiger partial charge in [0.05, 0.1) is 12.8 Å². The lowest BCUT2D eigenvalue weighted by Gasteiger charge is -2.19. The molecule has 0 fully saturated rings. The van der Waals surface area contributed by atoms with Gasteiger partial charge in [-0.25, -0.2) is 0 Å². The first kappa shape index (κ1) is 15.8. The van der Waals surface area contributed by atoms with Crippen molar-refractivity contribution < 1.29 is 4.74 Å². The second-order valence-corrected chi connectivity index (χ2v) is 5.46. The smallest absolute Gasteiger partial charge is 0.141 e. The first-order chi connectivity index (χ1) is 9.06. The van der Waals surface area contributed by atoms with Crippen molar-refractivity contribution in [3.63, 3.8) is 0 Å². The molecule has 0 bridgehead atoms. The van der Waals surface area contributed by atoms with Gasteiger partial charge in [0.1, 0.15) is 5.75 Å². The van der Waals surface area contributed by atoms with E-state index in [4.69, 9.17) is 4.74 Å². The van der Waals surface area contributed by atoms with Crippen LogP contribution in [0, 0.1) is 0 Å². The summed E-state index contributed by atoms with van der Waals surface area (Å²) in [4.78, 5) is 2.17. The summed E-state index contributed by atoms with van der Waals surface area (Å²) in [7, 11) is 5.89. The lowest BCUT2D eigenvalue weighted by Crippen LogP contribution is -2.16. The average molecular weight is 264 g/mol. The molecule has 0 aromatic heterocycles. The lowest BCUT2D eigenvalue weighted by molar-refractivity contribution is 0.400. The van der Waals surface area contributed by atoms with E-state index >= 15 is 0 Å². The van der Waals surface area contributed by atoms with E-state index in [1.807, 2.05) is 6.07 Å². The Balaban J connectivity index is 2.77. The highest BCUT2D eigenvalue weighted by Crippen LogP contribution is 2.27. The molecular weight excluding hydrogens is 236 g/mol. The van der Waals surface area contributed by atoms with Crippen LogP contribution >= 0.6 is 0 Å². The van der Waals surface area contributed by atoms with E-state index in [0.29, 0.717) is 6.04 Å². The highest BCUT2D eigenvalue weighted by Gasteiger charge is 2.08. The maximum absolute atomic E-state index is 5.43. The predicted molar refractivity (Wildman–Crippen MR) is 83.0 cm³/mol. The van der Waals surface area contributed by atoms with Gasteiger partial charge in [0.2, 0.25) is 0 Å². The van der Waals surface area contributed by atoms with Crippen LogP contribution in [0.2, 0.25) is 0 Å². The lowest BCUT2D eigenvalue weighted by atomic mass is 10.1. The normalized spacial score (nSPS) is 12.5. The molecule has 3 nitrogen and oxygen atoms in total. The first-order valence-electron chi connectivity index (χ1n) is 7.15. The number of hydrogen-bond acceptors (Lipinski definition) is 3. The van der Waals surface area contributed by atoms with Crippen molar-refractivity contribution >= 4 is 5.69 Å². The summed E-state index contributed by atoms with van der Waals surface area (Å²) in [5, 5.41) is 3.57. The van der Waals surface area contributed by atoms with E-state index in [1.165, 1.54) is 24.8 Å². The summed E-state index contributed by atoms with van der Waals surface area (Å²) in [6.45, 7) is 5.40. The number of nitrogens with one attached hydrogen (secondary N) is 1. The number of anilines is 1. The minimum absolute atomic E-state index is 0.475. The molecule has 0 saturated carbocycles. The molecule has 1 aromatic carbocycles. The van der Waals surface area contributed by atoms with Crippen LogP contribution in [0.5, 0.6) is 5.75 Å². The average Bonchev–Trinajstić information content (AvgIpc) is 2.36. The molecule has 1 atom stereocenters. The maximum Gasteiger partial charge on any atom is 0.141 e. The molecule has 1 unspecified atom stereocenters. The third-order valence-electron chi connectivity index (χ3n) is 3.16. The van der Waals surface area contributed by atoms with Gasteiger partial charge in [-0.15, -0.1) is 0 Å². The number of hydrogen-bond donors (Lipinski definition) is 1. The largest absolute Gasteiger partial charge is 0.495 e. The van der Waals surface area contributed by atoms with E-state index in [9.17, 15) is 0 Å². The molecule has 3 heteroatoms. The highest BCUT2D eigenvalue weighted by atomic mass is 16.5. The van der Waals surface area contributed by atoms with Gasteiger partial charge < -0.3 is 15.0 Å². The Bertz CT molecular complexity index is 377. The third-order valence-corrected chi connectivity index (χ3v) is 3.16. The van der Waals surface area contributed by atoms with Crippen molar-refractivity contribution in [1.29, 1.82) is 0 Å². The number of rotatable bonds is 8. The van der Waals surface area contributed by atoms with Gasteiger partial charge in [-0.05, 0) is 45.1 Å². The van der Waals surface area contributed by atoms with Gasteiger partial charge >= 0.3 is 0 Å². The molecule has 1 N–H and O–H groups in total. The van der Waals surface area contributed by atoms with Crippen molar-refractivity contribution in [3.05, 3.63) is 23.8 Å². The Morgan fingerprint density at radius 3 is 2.63 bits per heavy atom. The standard InChI is InChI=1S/C16H28N2O/c1-6-7-8-13(2)17-15-11-14(12-18(3)4)9-10-16(15)19-5/h9-11,13,17H,6-8,12H2,1-5H3. The molecule has 0 spiro atoms. The highest BCUT2D eigenvalue weighted by molar-refractivity contribution is 5.58. The van der Waals surface area contributed by atoms with Crippen molar-refractivity contribution in [1.82, 2.24) is 4.90 Å². The molecule has 0 aliphatic rings. The molecule has 0 saturated heterocycles. The Morgan fingerprint density at radius 2 is 2.05 bits per heavy atom. The van der Waals surface area contributed by atoms with Crippen molar-refractivity contribution in [2.75, 3.05) is 26.5 Å². The zero-order valence-corrected chi connectivity index (χ0v) is 13.0. The van der Waals surface area contributed by atoms with Crippen LogP contribution in [0.3, 0.4) is 0 Å². The van der Waals surface area contributed by atoms with Gasteiger partial charge in [-0.2, -0.15) is 0 Å². The Hall–Kier alpha value is -1.22. The molecule has 108 valence electrons. The van der Waals surface area contributed by atoms with Crippen molar-refractivity contribution in [2.45, 2.75) is 45.7 Å². The topological polar surface area (TPSA) is 24.5 Å². The molecule has 0 heterocycles. The van der Waals surface area contributed by atoms with Crippen LogP contribution in [0.15, 0.2) is 18.2 Å². The quantitative estimate of drug-likeness (QED) is 0.774. The van der Waals surface area contributed by atoms with E-state index in [1.54, 1.807) is 7.11 Å². The minimum atomic E-state index is 0.475. The summed E-state index contributed by atoms with van der Waals surface area (Å²) in [6.07, 6.45) is 3.69. The fourth-order valence-corrected chi connectivity index (χ4v) is 2.18. The van der Waals surface area contributed by atoms with E-state index in [-0.39, 0.29) is 0 Å². The number of nitrogens with zero attached hydrogens (tertiary/aromatic N) is 1. The van der Waals surface area contributed by atoms with E-state index in [0.717, 1.165) is 18.0 Å². The molecule has 0 aliphatic carbocycles. The second kappa shape index (κ2) is 8.05. The molecule has 0 amide bonds.